The number of imidazole rings is 1. The van der Waals surface area contributed by atoms with E-state index in [4.69, 9.17) is 5.11 Å². The summed E-state index contributed by atoms with van der Waals surface area (Å²) in [5.74, 6) is -1.07. The SMILES string of the molecule is O=C(CO)Nc1ccc(-n2ccnc2)c(F)c1. The molecule has 0 saturated heterocycles. The molecule has 6 heteroatoms. The van der Waals surface area contributed by atoms with Gasteiger partial charge >= 0.3 is 0 Å². The first-order chi connectivity index (χ1) is 8.20. The Morgan fingerprint density at radius 3 is 2.94 bits per heavy atom. The lowest BCUT2D eigenvalue weighted by atomic mass is 10.2. The number of halogens is 1. The zero-order valence-corrected chi connectivity index (χ0v) is 8.80. The molecule has 2 aromatic rings. The first kappa shape index (κ1) is 11.3. The minimum Gasteiger partial charge on any atom is -0.387 e. The van der Waals surface area contributed by atoms with Crippen LogP contribution < -0.4 is 5.32 Å². The molecule has 0 unspecified atom stereocenters. The summed E-state index contributed by atoms with van der Waals surface area (Å²) in [5.41, 5.74) is 0.634. The summed E-state index contributed by atoms with van der Waals surface area (Å²) in [7, 11) is 0. The third-order valence-corrected chi connectivity index (χ3v) is 2.16. The van der Waals surface area contributed by atoms with Crippen molar-refractivity contribution in [2.24, 2.45) is 0 Å². The van der Waals surface area contributed by atoms with Crippen molar-refractivity contribution in [1.82, 2.24) is 9.55 Å². The van der Waals surface area contributed by atoms with Gasteiger partial charge in [0.25, 0.3) is 0 Å². The number of hydrogen-bond acceptors (Lipinski definition) is 3. The van der Waals surface area contributed by atoms with Crippen molar-refractivity contribution in [3.8, 4) is 5.69 Å². The third-order valence-electron chi connectivity index (χ3n) is 2.16. The van der Waals surface area contributed by atoms with E-state index < -0.39 is 18.3 Å². The molecule has 0 aliphatic rings. The largest absolute Gasteiger partial charge is 0.387 e. The predicted molar refractivity (Wildman–Crippen MR) is 59.2 cm³/mol. The van der Waals surface area contributed by atoms with Crippen LogP contribution in [0.5, 0.6) is 0 Å². The van der Waals surface area contributed by atoms with Crippen LogP contribution in [0.1, 0.15) is 0 Å². The zero-order valence-electron chi connectivity index (χ0n) is 8.80. The fourth-order valence-corrected chi connectivity index (χ4v) is 1.40. The Morgan fingerprint density at radius 2 is 2.35 bits per heavy atom. The molecule has 0 aliphatic carbocycles. The molecule has 0 atom stereocenters. The van der Waals surface area contributed by atoms with Crippen LogP contribution in [0.2, 0.25) is 0 Å². The van der Waals surface area contributed by atoms with Crippen LogP contribution in [0.4, 0.5) is 10.1 Å². The van der Waals surface area contributed by atoms with Crippen molar-refractivity contribution < 1.29 is 14.3 Å². The standard InChI is InChI=1S/C11H10FN3O2/c12-9-5-8(14-11(17)6-16)1-2-10(9)15-4-3-13-7-15/h1-5,7,16H,6H2,(H,14,17). The van der Waals surface area contributed by atoms with Crippen LogP contribution in [-0.2, 0) is 4.79 Å². The molecule has 0 saturated carbocycles. The topological polar surface area (TPSA) is 67.2 Å². The molecule has 0 fully saturated rings. The minimum absolute atomic E-state index is 0.297. The van der Waals surface area contributed by atoms with Gasteiger partial charge in [-0.1, -0.05) is 0 Å². The fourth-order valence-electron chi connectivity index (χ4n) is 1.40. The van der Waals surface area contributed by atoms with Gasteiger partial charge in [0, 0.05) is 18.1 Å². The number of aromatic nitrogens is 2. The predicted octanol–water partition coefficient (Wildman–Crippen LogP) is 0.942. The summed E-state index contributed by atoms with van der Waals surface area (Å²) in [4.78, 5) is 14.7. The highest BCUT2D eigenvalue weighted by molar-refractivity contribution is 5.91. The van der Waals surface area contributed by atoms with E-state index in [1.54, 1.807) is 18.5 Å². The van der Waals surface area contributed by atoms with E-state index in [-0.39, 0.29) is 0 Å². The van der Waals surface area contributed by atoms with Crippen LogP contribution in [-0.4, -0.2) is 27.2 Å². The number of nitrogens with one attached hydrogen (secondary N) is 1. The second-order valence-corrected chi connectivity index (χ2v) is 3.34. The first-order valence-electron chi connectivity index (χ1n) is 4.89. The smallest absolute Gasteiger partial charge is 0.250 e. The van der Waals surface area contributed by atoms with Gasteiger partial charge in [0.05, 0.1) is 12.0 Å². The average Bonchev–Trinajstić information content (AvgIpc) is 2.82. The van der Waals surface area contributed by atoms with Gasteiger partial charge in [-0.3, -0.25) is 4.79 Å². The number of carbonyl (C=O) groups is 1. The molecule has 0 spiro atoms. The number of aliphatic hydroxyl groups is 1. The molecule has 1 amide bonds. The first-order valence-corrected chi connectivity index (χ1v) is 4.89. The maximum atomic E-state index is 13.7. The van der Waals surface area contributed by atoms with Crippen LogP contribution in [0.3, 0.4) is 0 Å². The van der Waals surface area contributed by atoms with Crippen LogP contribution in [0, 0.1) is 5.82 Å². The van der Waals surface area contributed by atoms with Gasteiger partial charge in [-0.2, -0.15) is 0 Å². The normalized spacial score (nSPS) is 10.2. The van der Waals surface area contributed by atoms with E-state index in [0.717, 1.165) is 0 Å². The third kappa shape index (κ3) is 2.48. The molecule has 1 aromatic carbocycles. The summed E-state index contributed by atoms with van der Waals surface area (Å²) in [6.45, 7) is -0.634. The average molecular weight is 235 g/mol. The lowest BCUT2D eigenvalue weighted by molar-refractivity contribution is -0.118. The minimum atomic E-state index is -0.634. The molecular formula is C11H10FN3O2. The molecule has 2 rings (SSSR count). The second kappa shape index (κ2) is 4.75. The van der Waals surface area contributed by atoms with E-state index in [1.807, 2.05) is 0 Å². The van der Waals surface area contributed by atoms with E-state index in [9.17, 15) is 9.18 Å². The van der Waals surface area contributed by atoms with Gasteiger partial charge in [-0.05, 0) is 18.2 Å². The Kier molecular flexibility index (Phi) is 3.15. The van der Waals surface area contributed by atoms with Gasteiger partial charge in [0.15, 0.2) is 0 Å². The van der Waals surface area contributed by atoms with Gasteiger partial charge in [0.1, 0.15) is 12.4 Å². The Labute approximate surface area is 96.5 Å². The molecule has 17 heavy (non-hydrogen) atoms. The number of rotatable bonds is 3. The number of amides is 1. The lowest BCUT2D eigenvalue weighted by Gasteiger charge is -2.07. The van der Waals surface area contributed by atoms with Crippen LogP contribution in [0.15, 0.2) is 36.9 Å². The summed E-state index contributed by atoms with van der Waals surface area (Å²) in [6.07, 6.45) is 4.63. The number of benzene rings is 1. The quantitative estimate of drug-likeness (QED) is 0.832. The van der Waals surface area contributed by atoms with Crippen molar-refractivity contribution in [1.29, 1.82) is 0 Å². The van der Waals surface area contributed by atoms with Crippen molar-refractivity contribution >= 4 is 11.6 Å². The van der Waals surface area contributed by atoms with E-state index >= 15 is 0 Å². The number of hydrogen-bond donors (Lipinski definition) is 2. The number of nitrogens with zero attached hydrogens (tertiary/aromatic N) is 2. The highest BCUT2D eigenvalue weighted by atomic mass is 19.1. The van der Waals surface area contributed by atoms with Crippen LogP contribution >= 0.6 is 0 Å². The van der Waals surface area contributed by atoms with Crippen molar-refractivity contribution in [2.75, 3.05) is 11.9 Å². The van der Waals surface area contributed by atoms with E-state index in [0.29, 0.717) is 11.4 Å². The molecule has 1 aromatic heterocycles. The van der Waals surface area contributed by atoms with Gasteiger partial charge in [-0.25, -0.2) is 9.37 Å². The van der Waals surface area contributed by atoms with Gasteiger partial charge < -0.3 is 15.0 Å². The molecule has 0 aliphatic heterocycles. The van der Waals surface area contributed by atoms with E-state index in [1.165, 1.54) is 23.0 Å². The molecule has 2 N–H and O–H groups in total. The maximum absolute atomic E-state index is 13.7. The Balaban J connectivity index is 2.26. The molecular weight excluding hydrogens is 225 g/mol. The molecule has 88 valence electrons. The fraction of sp³-hybridized carbons (Fsp3) is 0.0909. The Hall–Kier alpha value is -2.21. The second-order valence-electron chi connectivity index (χ2n) is 3.34. The monoisotopic (exact) mass is 235 g/mol. The molecule has 1 heterocycles. The van der Waals surface area contributed by atoms with Crippen molar-refractivity contribution in [3.63, 3.8) is 0 Å². The summed E-state index contributed by atoms with van der Waals surface area (Å²) in [6, 6.07) is 4.25. The summed E-state index contributed by atoms with van der Waals surface area (Å²) in [5, 5.41) is 10.9. The maximum Gasteiger partial charge on any atom is 0.250 e. The van der Waals surface area contributed by atoms with Gasteiger partial charge in [-0.15, -0.1) is 0 Å². The highest BCUT2D eigenvalue weighted by Gasteiger charge is 2.06. The Morgan fingerprint density at radius 1 is 1.53 bits per heavy atom. The molecule has 0 radical (unpaired) electrons. The summed E-state index contributed by atoms with van der Waals surface area (Å²) < 4.78 is 15.2. The highest BCUT2D eigenvalue weighted by Crippen LogP contribution is 2.17. The lowest BCUT2D eigenvalue weighted by Crippen LogP contribution is -2.15. The van der Waals surface area contributed by atoms with Crippen molar-refractivity contribution in [3.05, 3.63) is 42.7 Å². The van der Waals surface area contributed by atoms with Crippen molar-refractivity contribution in [2.45, 2.75) is 0 Å². The molecule has 0 bridgehead atoms. The van der Waals surface area contributed by atoms with Gasteiger partial charge in [0.2, 0.25) is 5.91 Å². The zero-order chi connectivity index (χ0) is 12.3. The Bertz CT molecular complexity index is 526. The summed E-state index contributed by atoms with van der Waals surface area (Å²) >= 11 is 0. The molecule has 5 nitrogen and oxygen atoms in total. The number of aliphatic hydroxyl groups excluding tert-OH is 1. The number of anilines is 1. The van der Waals surface area contributed by atoms with Crippen LogP contribution in [0.25, 0.3) is 5.69 Å². The number of carbonyl (C=O) groups excluding carboxylic acids is 1. The van der Waals surface area contributed by atoms with E-state index in [2.05, 4.69) is 10.3 Å².